The SMILES string of the molecule is CC(C)CC(=O)N1CCC(NC(=O)CSc2ccccc2F)CC1. The van der Waals surface area contributed by atoms with Gasteiger partial charge in [0.05, 0.1) is 5.75 Å². The average molecular weight is 352 g/mol. The molecule has 1 saturated heterocycles. The number of hydrogen-bond donors (Lipinski definition) is 1. The van der Waals surface area contributed by atoms with Gasteiger partial charge in [-0.25, -0.2) is 4.39 Å². The average Bonchev–Trinajstić information content (AvgIpc) is 2.54. The third kappa shape index (κ3) is 5.82. The quantitative estimate of drug-likeness (QED) is 0.801. The van der Waals surface area contributed by atoms with Crippen LogP contribution in [0.2, 0.25) is 0 Å². The number of benzene rings is 1. The molecule has 1 fully saturated rings. The Morgan fingerprint density at radius 2 is 1.96 bits per heavy atom. The van der Waals surface area contributed by atoms with Crippen molar-refractivity contribution in [3.63, 3.8) is 0 Å². The van der Waals surface area contributed by atoms with Crippen LogP contribution in [0.3, 0.4) is 0 Å². The van der Waals surface area contributed by atoms with Crippen LogP contribution in [0.25, 0.3) is 0 Å². The number of nitrogens with one attached hydrogen (secondary N) is 1. The molecule has 0 unspecified atom stereocenters. The van der Waals surface area contributed by atoms with Crippen molar-refractivity contribution in [2.75, 3.05) is 18.8 Å². The topological polar surface area (TPSA) is 49.4 Å². The summed E-state index contributed by atoms with van der Waals surface area (Å²) in [6.45, 7) is 5.46. The number of hydrogen-bond acceptors (Lipinski definition) is 3. The first-order valence-corrected chi connectivity index (χ1v) is 9.38. The predicted octanol–water partition coefficient (Wildman–Crippen LogP) is 3.07. The van der Waals surface area contributed by atoms with Crippen LogP contribution in [0, 0.1) is 11.7 Å². The van der Waals surface area contributed by atoms with E-state index in [9.17, 15) is 14.0 Å². The molecule has 1 aromatic rings. The van der Waals surface area contributed by atoms with Crippen molar-refractivity contribution in [2.45, 2.75) is 44.0 Å². The largest absolute Gasteiger partial charge is 0.353 e. The van der Waals surface area contributed by atoms with Crippen molar-refractivity contribution < 1.29 is 14.0 Å². The highest BCUT2D eigenvalue weighted by Gasteiger charge is 2.24. The molecular weight excluding hydrogens is 327 g/mol. The van der Waals surface area contributed by atoms with Crippen molar-refractivity contribution in [1.29, 1.82) is 0 Å². The van der Waals surface area contributed by atoms with E-state index in [4.69, 9.17) is 0 Å². The minimum atomic E-state index is -0.299. The zero-order valence-electron chi connectivity index (χ0n) is 14.3. The Balaban J connectivity index is 1.70. The van der Waals surface area contributed by atoms with E-state index in [0.717, 1.165) is 12.8 Å². The molecule has 0 atom stereocenters. The van der Waals surface area contributed by atoms with Crippen LogP contribution >= 0.6 is 11.8 Å². The van der Waals surface area contributed by atoms with Crippen molar-refractivity contribution in [3.05, 3.63) is 30.1 Å². The Labute approximate surface area is 147 Å². The highest BCUT2D eigenvalue weighted by molar-refractivity contribution is 8.00. The van der Waals surface area contributed by atoms with Gasteiger partial charge >= 0.3 is 0 Å². The third-order valence-corrected chi connectivity index (χ3v) is 5.04. The molecule has 0 saturated carbocycles. The molecule has 1 heterocycles. The lowest BCUT2D eigenvalue weighted by Crippen LogP contribution is -2.47. The molecule has 0 radical (unpaired) electrons. The lowest BCUT2D eigenvalue weighted by molar-refractivity contribution is -0.133. The molecule has 0 spiro atoms. The molecule has 1 aliphatic heterocycles. The lowest BCUT2D eigenvalue weighted by atomic mass is 10.0. The van der Waals surface area contributed by atoms with Crippen LogP contribution in [0.15, 0.2) is 29.2 Å². The molecule has 6 heteroatoms. The summed E-state index contributed by atoms with van der Waals surface area (Å²) in [6.07, 6.45) is 2.14. The van der Waals surface area contributed by atoms with E-state index < -0.39 is 0 Å². The number of nitrogens with zero attached hydrogens (tertiary/aromatic N) is 1. The standard InChI is InChI=1S/C18H25FN2O2S/c1-13(2)11-18(23)21-9-7-14(8-10-21)20-17(22)12-24-16-6-4-3-5-15(16)19/h3-6,13-14H,7-12H2,1-2H3,(H,20,22). The molecule has 0 bridgehead atoms. The van der Waals surface area contributed by atoms with Gasteiger partial charge in [0, 0.05) is 30.4 Å². The summed E-state index contributed by atoms with van der Waals surface area (Å²) in [5, 5.41) is 2.99. The second kappa shape index (κ2) is 9.06. The van der Waals surface area contributed by atoms with Gasteiger partial charge in [0.25, 0.3) is 0 Å². The zero-order chi connectivity index (χ0) is 17.5. The minimum Gasteiger partial charge on any atom is -0.353 e. The van der Waals surface area contributed by atoms with Gasteiger partial charge < -0.3 is 10.2 Å². The molecule has 132 valence electrons. The number of piperidine rings is 1. The van der Waals surface area contributed by atoms with E-state index in [1.165, 1.54) is 17.8 Å². The Hall–Kier alpha value is -1.56. The number of carbonyl (C=O) groups excluding carboxylic acids is 2. The van der Waals surface area contributed by atoms with Gasteiger partial charge in [0.1, 0.15) is 5.82 Å². The molecule has 4 nitrogen and oxygen atoms in total. The molecule has 0 aromatic heterocycles. The van der Waals surface area contributed by atoms with Crippen molar-refractivity contribution in [3.8, 4) is 0 Å². The molecule has 2 amide bonds. The fraction of sp³-hybridized carbons (Fsp3) is 0.556. The third-order valence-electron chi connectivity index (χ3n) is 3.99. The van der Waals surface area contributed by atoms with Gasteiger partial charge in [0.2, 0.25) is 11.8 Å². The summed E-state index contributed by atoms with van der Waals surface area (Å²) >= 11 is 1.20. The molecule has 1 aliphatic rings. The van der Waals surface area contributed by atoms with E-state index >= 15 is 0 Å². The molecule has 1 N–H and O–H groups in total. The molecule has 24 heavy (non-hydrogen) atoms. The summed E-state index contributed by atoms with van der Waals surface area (Å²) in [7, 11) is 0. The van der Waals surface area contributed by atoms with Crippen molar-refractivity contribution in [2.24, 2.45) is 5.92 Å². The summed E-state index contributed by atoms with van der Waals surface area (Å²) in [4.78, 5) is 26.4. The first-order chi connectivity index (χ1) is 11.5. The Kier molecular flexibility index (Phi) is 7.09. The molecular formula is C18H25FN2O2S. The molecule has 1 aromatic carbocycles. The number of rotatable bonds is 6. The van der Waals surface area contributed by atoms with Crippen LogP contribution in [0.1, 0.15) is 33.1 Å². The first-order valence-electron chi connectivity index (χ1n) is 8.40. The summed E-state index contributed by atoms with van der Waals surface area (Å²) in [5.74, 6) is 0.380. The maximum atomic E-state index is 13.5. The normalized spacial score (nSPS) is 15.6. The minimum absolute atomic E-state index is 0.0878. The number of likely N-dealkylation sites (tertiary alicyclic amines) is 1. The molecule has 2 rings (SSSR count). The Bertz CT molecular complexity index is 572. The van der Waals surface area contributed by atoms with E-state index in [1.807, 2.05) is 18.7 Å². The maximum Gasteiger partial charge on any atom is 0.230 e. The smallest absolute Gasteiger partial charge is 0.230 e. The number of carbonyl (C=O) groups is 2. The Morgan fingerprint density at radius 3 is 2.58 bits per heavy atom. The van der Waals surface area contributed by atoms with E-state index in [-0.39, 0.29) is 29.4 Å². The van der Waals surface area contributed by atoms with E-state index in [1.54, 1.807) is 18.2 Å². The monoisotopic (exact) mass is 352 g/mol. The van der Waals surface area contributed by atoms with Gasteiger partial charge in [-0.15, -0.1) is 11.8 Å². The summed E-state index contributed by atoms with van der Waals surface area (Å²) in [6, 6.07) is 6.55. The van der Waals surface area contributed by atoms with Crippen LogP contribution in [-0.2, 0) is 9.59 Å². The Morgan fingerprint density at radius 1 is 1.29 bits per heavy atom. The highest BCUT2D eigenvalue weighted by atomic mass is 32.2. The number of amides is 2. The second-order valence-corrected chi connectivity index (χ2v) is 7.56. The van der Waals surface area contributed by atoms with Crippen LogP contribution in [0.5, 0.6) is 0 Å². The maximum absolute atomic E-state index is 13.5. The van der Waals surface area contributed by atoms with Gasteiger partial charge in [-0.05, 0) is 30.9 Å². The van der Waals surface area contributed by atoms with Crippen LogP contribution in [-0.4, -0.2) is 41.6 Å². The van der Waals surface area contributed by atoms with Gasteiger partial charge in [-0.3, -0.25) is 9.59 Å². The highest BCUT2D eigenvalue weighted by Crippen LogP contribution is 2.21. The van der Waals surface area contributed by atoms with E-state index in [0.29, 0.717) is 30.3 Å². The van der Waals surface area contributed by atoms with Gasteiger partial charge in [-0.1, -0.05) is 26.0 Å². The predicted molar refractivity (Wildman–Crippen MR) is 94.3 cm³/mol. The summed E-state index contributed by atoms with van der Waals surface area (Å²) in [5.41, 5.74) is 0. The van der Waals surface area contributed by atoms with Crippen LogP contribution in [0.4, 0.5) is 4.39 Å². The second-order valence-electron chi connectivity index (χ2n) is 6.54. The number of thioether (sulfide) groups is 1. The van der Waals surface area contributed by atoms with Gasteiger partial charge in [0.15, 0.2) is 0 Å². The van der Waals surface area contributed by atoms with E-state index in [2.05, 4.69) is 5.32 Å². The van der Waals surface area contributed by atoms with Crippen molar-refractivity contribution >= 4 is 23.6 Å². The molecule has 0 aliphatic carbocycles. The van der Waals surface area contributed by atoms with Crippen molar-refractivity contribution in [1.82, 2.24) is 10.2 Å². The fourth-order valence-electron chi connectivity index (χ4n) is 2.73. The summed E-state index contributed by atoms with van der Waals surface area (Å²) < 4.78 is 13.5. The fourth-order valence-corrected chi connectivity index (χ4v) is 3.48. The van der Waals surface area contributed by atoms with Gasteiger partial charge in [-0.2, -0.15) is 0 Å². The lowest BCUT2D eigenvalue weighted by Gasteiger charge is -2.32. The zero-order valence-corrected chi connectivity index (χ0v) is 15.1. The first kappa shape index (κ1) is 18.8. The van der Waals surface area contributed by atoms with Crippen LogP contribution < -0.4 is 5.32 Å². The number of halogens is 1.